The van der Waals surface area contributed by atoms with Crippen molar-refractivity contribution in [2.24, 2.45) is 11.8 Å². The lowest BCUT2D eigenvalue weighted by Gasteiger charge is -2.18. The first-order chi connectivity index (χ1) is 26.2. The van der Waals surface area contributed by atoms with E-state index in [1.54, 1.807) is 22.7 Å². The fraction of sp³-hybridized carbons (Fsp3) is 0.409. The number of carbonyl (C=O) groups is 2. The van der Waals surface area contributed by atoms with E-state index in [0.29, 0.717) is 0 Å². The van der Waals surface area contributed by atoms with E-state index < -0.39 is 0 Å². The largest absolute Gasteiger partial charge is 0.456 e. The quantitative estimate of drug-likeness (QED) is 0.0763. The maximum absolute atomic E-state index is 12.7. The van der Waals surface area contributed by atoms with E-state index in [1.165, 1.54) is 48.8 Å². The molecule has 0 aliphatic heterocycles. The molecular weight excluding hydrogens is 785 g/mol. The molecule has 0 fully saturated rings. The standard InChI is InChI=1S/C44H50O4S6/c1-7-11-13-27(5)43(45)47-29(9-3)31-15-17-33(49-31)35-19-21-37(51-35)39-23-25-41(53-39)42-26-24-40(54-42)38-22-20-36(52-38)34-18-16-32(50-34)30(10-4)48-44(46)28(6)14-12-8-2/h15-30H,7-14H2,1-6H3. The van der Waals surface area contributed by atoms with Crippen LogP contribution in [0.2, 0.25) is 0 Å². The maximum atomic E-state index is 12.7. The molecule has 0 amide bonds. The lowest BCUT2D eigenvalue weighted by Crippen LogP contribution is -2.17. The van der Waals surface area contributed by atoms with Crippen molar-refractivity contribution < 1.29 is 19.1 Å². The predicted molar refractivity (Wildman–Crippen MR) is 237 cm³/mol. The molecule has 286 valence electrons. The Bertz CT molecular complexity index is 1950. The lowest BCUT2D eigenvalue weighted by molar-refractivity contribution is -0.155. The van der Waals surface area contributed by atoms with Crippen LogP contribution in [0.25, 0.3) is 48.8 Å². The molecule has 6 aromatic heterocycles. The van der Waals surface area contributed by atoms with E-state index in [1.807, 2.05) is 59.2 Å². The van der Waals surface area contributed by atoms with Crippen LogP contribution in [0.3, 0.4) is 0 Å². The highest BCUT2D eigenvalue weighted by Crippen LogP contribution is 2.47. The van der Waals surface area contributed by atoms with Gasteiger partial charge in [0, 0.05) is 58.5 Å². The van der Waals surface area contributed by atoms with Crippen molar-refractivity contribution >= 4 is 80.0 Å². The molecule has 6 aromatic rings. The zero-order chi connectivity index (χ0) is 38.2. The van der Waals surface area contributed by atoms with Crippen molar-refractivity contribution in [3.05, 3.63) is 82.6 Å². The fourth-order valence-corrected chi connectivity index (χ4v) is 12.9. The molecule has 0 saturated carbocycles. The molecule has 6 heterocycles. The zero-order valence-electron chi connectivity index (χ0n) is 32.0. The van der Waals surface area contributed by atoms with E-state index >= 15 is 0 Å². The number of unbranched alkanes of at least 4 members (excludes halogenated alkanes) is 2. The number of carbonyl (C=O) groups excluding carboxylic acids is 2. The first-order valence-electron chi connectivity index (χ1n) is 19.2. The average Bonchev–Trinajstić information content (AvgIpc) is 4.03. The van der Waals surface area contributed by atoms with Crippen LogP contribution in [0.15, 0.2) is 72.8 Å². The van der Waals surface area contributed by atoms with E-state index in [4.69, 9.17) is 9.47 Å². The summed E-state index contributed by atoms with van der Waals surface area (Å²) in [4.78, 5) is 40.2. The third-order valence-electron chi connectivity index (χ3n) is 9.57. The van der Waals surface area contributed by atoms with Gasteiger partial charge in [0.1, 0.15) is 12.2 Å². The monoisotopic (exact) mass is 834 g/mol. The Balaban J connectivity index is 1.08. The van der Waals surface area contributed by atoms with Crippen LogP contribution in [0.5, 0.6) is 0 Å². The van der Waals surface area contributed by atoms with E-state index in [2.05, 4.69) is 100 Å². The molecule has 0 saturated heterocycles. The Morgan fingerprint density at radius 2 is 0.704 bits per heavy atom. The Labute approximate surface area is 344 Å². The molecule has 10 heteroatoms. The second kappa shape index (κ2) is 19.3. The highest BCUT2D eigenvalue weighted by molar-refractivity contribution is 7.30. The van der Waals surface area contributed by atoms with Crippen molar-refractivity contribution in [1.29, 1.82) is 0 Å². The van der Waals surface area contributed by atoms with Gasteiger partial charge in [0.05, 0.1) is 11.8 Å². The van der Waals surface area contributed by atoms with Gasteiger partial charge in [-0.25, -0.2) is 0 Å². The van der Waals surface area contributed by atoms with Crippen LogP contribution in [0.1, 0.15) is 115 Å². The summed E-state index contributed by atoms with van der Waals surface area (Å²) in [5, 5.41) is 0. The highest BCUT2D eigenvalue weighted by Gasteiger charge is 2.23. The third kappa shape index (κ3) is 9.92. The van der Waals surface area contributed by atoms with Crippen LogP contribution < -0.4 is 0 Å². The molecule has 6 rings (SSSR count). The summed E-state index contributed by atoms with van der Waals surface area (Å²) in [6.45, 7) is 12.4. The number of rotatable bonds is 19. The first kappa shape index (κ1) is 40.8. The van der Waals surface area contributed by atoms with Crippen LogP contribution in [-0.4, -0.2) is 11.9 Å². The molecule has 4 atom stereocenters. The summed E-state index contributed by atoms with van der Waals surface area (Å²) in [6.07, 6.45) is 7.18. The normalized spacial score (nSPS) is 13.8. The molecule has 0 bridgehead atoms. The Morgan fingerprint density at radius 1 is 0.444 bits per heavy atom. The topological polar surface area (TPSA) is 52.6 Å². The van der Waals surface area contributed by atoms with Gasteiger partial charge in [-0.3, -0.25) is 9.59 Å². The van der Waals surface area contributed by atoms with Crippen LogP contribution in [0.4, 0.5) is 0 Å². The van der Waals surface area contributed by atoms with Gasteiger partial charge in [-0.15, -0.1) is 68.0 Å². The zero-order valence-corrected chi connectivity index (χ0v) is 36.9. The van der Waals surface area contributed by atoms with Crippen molar-refractivity contribution in [2.45, 2.75) is 105 Å². The summed E-state index contributed by atoms with van der Waals surface area (Å²) < 4.78 is 11.9. The lowest BCUT2D eigenvalue weighted by atomic mass is 10.0. The molecule has 4 unspecified atom stereocenters. The molecule has 0 radical (unpaired) electrons. The molecular formula is C44H50O4S6. The fourth-order valence-electron chi connectivity index (χ4n) is 6.18. The van der Waals surface area contributed by atoms with Crippen molar-refractivity contribution in [3.63, 3.8) is 0 Å². The minimum Gasteiger partial charge on any atom is -0.456 e. The molecule has 0 N–H and O–H groups in total. The number of thiophene rings is 6. The highest BCUT2D eigenvalue weighted by atomic mass is 32.1. The summed E-state index contributed by atoms with van der Waals surface area (Å²) >= 11 is 10.8. The summed E-state index contributed by atoms with van der Waals surface area (Å²) in [5.41, 5.74) is 0. The summed E-state index contributed by atoms with van der Waals surface area (Å²) in [5.74, 6) is -0.296. The van der Waals surface area contributed by atoms with E-state index in [-0.39, 0.29) is 36.0 Å². The van der Waals surface area contributed by atoms with Gasteiger partial charge in [0.15, 0.2) is 0 Å². The molecule has 0 aliphatic rings. The average molecular weight is 835 g/mol. The van der Waals surface area contributed by atoms with Crippen LogP contribution in [-0.2, 0) is 19.1 Å². The number of esters is 2. The number of hydrogen-bond acceptors (Lipinski definition) is 10. The Kier molecular flexibility index (Phi) is 14.6. The SMILES string of the molecule is CCCCC(C)C(=O)OC(CC)c1ccc(-c2ccc(-c3ccc(-c4ccc(-c5ccc(-c6ccc(C(CC)OC(=O)C(C)CCCC)s6)s5)s4)s3)s2)s1. The van der Waals surface area contributed by atoms with E-state index in [9.17, 15) is 9.59 Å². The summed E-state index contributed by atoms with van der Waals surface area (Å²) in [6, 6.07) is 26.4. The van der Waals surface area contributed by atoms with Gasteiger partial charge in [0.2, 0.25) is 0 Å². The molecule has 54 heavy (non-hydrogen) atoms. The van der Waals surface area contributed by atoms with Gasteiger partial charge < -0.3 is 9.47 Å². The van der Waals surface area contributed by atoms with Gasteiger partial charge in [-0.1, -0.05) is 67.2 Å². The Morgan fingerprint density at radius 3 is 0.963 bits per heavy atom. The third-order valence-corrected chi connectivity index (χ3v) is 17.2. The minimum absolute atomic E-state index is 0.0622. The van der Waals surface area contributed by atoms with Crippen molar-refractivity contribution in [3.8, 4) is 48.8 Å². The first-order valence-corrected chi connectivity index (χ1v) is 24.1. The summed E-state index contributed by atoms with van der Waals surface area (Å²) in [7, 11) is 0. The molecule has 0 aromatic carbocycles. The van der Waals surface area contributed by atoms with Gasteiger partial charge in [-0.05, 0) is 98.5 Å². The smallest absolute Gasteiger partial charge is 0.309 e. The van der Waals surface area contributed by atoms with Gasteiger partial charge >= 0.3 is 11.9 Å². The van der Waals surface area contributed by atoms with Gasteiger partial charge in [-0.2, -0.15) is 0 Å². The molecule has 4 nitrogen and oxygen atoms in total. The molecule has 0 spiro atoms. The second-order valence-corrected chi connectivity index (χ2v) is 20.4. The maximum Gasteiger partial charge on any atom is 0.309 e. The van der Waals surface area contributed by atoms with Crippen molar-refractivity contribution in [1.82, 2.24) is 0 Å². The predicted octanol–water partition coefficient (Wildman–Crippen LogP) is 16.0. The van der Waals surface area contributed by atoms with Gasteiger partial charge in [0.25, 0.3) is 0 Å². The van der Waals surface area contributed by atoms with Crippen LogP contribution in [0, 0.1) is 11.8 Å². The molecule has 0 aliphatic carbocycles. The van der Waals surface area contributed by atoms with Crippen molar-refractivity contribution in [2.75, 3.05) is 0 Å². The minimum atomic E-state index is -0.194. The number of hydrogen-bond donors (Lipinski definition) is 0. The Hall–Kier alpha value is -2.86. The van der Waals surface area contributed by atoms with Crippen LogP contribution >= 0.6 is 68.0 Å². The van der Waals surface area contributed by atoms with E-state index in [0.717, 1.165) is 61.1 Å². The number of ether oxygens (including phenoxy) is 2. The second-order valence-electron chi connectivity index (χ2n) is 13.8.